The second-order valence-electron chi connectivity index (χ2n) is 6.00. The summed E-state index contributed by atoms with van der Waals surface area (Å²) in [5.41, 5.74) is 1.50. The molecule has 0 radical (unpaired) electrons. The van der Waals surface area contributed by atoms with Gasteiger partial charge in [-0.05, 0) is 31.5 Å². The first-order chi connectivity index (χ1) is 11.1. The first kappa shape index (κ1) is 15.6. The maximum absolute atomic E-state index is 12.4. The average molecular weight is 315 g/mol. The smallest absolute Gasteiger partial charge is 0.317 e. The van der Waals surface area contributed by atoms with Gasteiger partial charge in [0, 0.05) is 23.7 Å². The number of nitrogens with one attached hydrogen (secondary N) is 2. The van der Waals surface area contributed by atoms with Gasteiger partial charge in [0.2, 0.25) is 0 Å². The number of para-hydroxylation sites is 1. The molecule has 1 aliphatic carbocycles. The molecule has 1 heterocycles. The predicted octanol–water partition coefficient (Wildman–Crippen LogP) is 1.84. The molecule has 3 rings (SSSR count). The van der Waals surface area contributed by atoms with Crippen molar-refractivity contribution in [3.05, 3.63) is 36.0 Å². The maximum atomic E-state index is 12.4. The minimum atomic E-state index is -0.808. The van der Waals surface area contributed by atoms with E-state index >= 15 is 0 Å². The van der Waals surface area contributed by atoms with Gasteiger partial charge in [-0.1, -0.05) is 19.1 Å². The van der Waals surface area contributed by atoms with Gasteiger partial charge in [-0.15, -0.1) is 0 Å². The summed E-state index contributed by atoms with van der Waals surface area (Å²) in [4.78, 5) is 28.3. The van der Waals surface area contributed by atoms with Gasteiger partial charge in [-0.25, -0.2) is 0 Å². The molecule has 1 aromatic carbocycles. The van der Waals surface area contributed by atoms with Gasteiger partial charge >= 0.3 is 5.97 Å². The van der Waals surface area contributed by atoms with Gasteiger partial charge in [-0.2, -0.15) is 0 Å². The number of benzene rings is 1. The minimum Gasteiger partial charge on any atom is -0.480 e. The predicted molar refractivity (Wildman–Crippen MR) is 87.5 cm³/mol. The van der Waals surface area contributed by atoms with Crippen molar-refractivity contribution in [2.45, 2.75) is 31.8 Å². The van der Waals surface area contributed by atoms with E-state index in [1.54, 1.807) is 0 Å². The second-order valence-corrected chi connectivity index (χ2v) is 6.00. The number of rotatable bonds is 6. The first-order valence-corrected chi connectivity index (χ1v) is 7.91. The number of H-pyrrole nitrogens is 1. The van der Waals surface area contributed by atoms with E-state index in [1.165, 1.54) is 0 Å². The molecule has 0 atom stereocenters. The largest absolute Gasteiger partial charge is 0.480 e. The molecule has 0 bridgehead atoms. The topological polar surface area (TPSA) is 85.4 Å². The Kier molecular flexibility index (Phi) is 4.34. The van der Waals surface area contributed by atoms with E-state index in [2.05, 4.69) is 10.3 Å². The van der Waals surface area contributed by atoms with E-state index < -0.39 is 5.97 Å². The number of hydrogen-bond acceptors (Lipinski definition) is 3. The minimum absolute atomic E-state index is 0.0591. The molecule has 0 saturated heterocycles. The Balaban J connectivity index is 1.58. The number of carboxylic acid groups (broad SMARTS) is 1. The van der Waals surface area contributed by atoms with E-state index in [0.717, 1.165) is 23.7 Å². The molecule has 6 nitrogen and oxygen atoms in total. The van der Waals surface area contributed by atoms with Gasteiger partial charge in [-0.3, -0.25) is 14.5 Å². The number of nitrogens with zero attached hydrogens (tertiary/aromatic N) is 1. The van der Waals surface area contributed by atoms with Crippen molar-refractivity contribution in [2.24, 2.45) is 0 Å². The van der Waals surface area contributed by atoms with Gasteiger partial charge in [0.05, 0.1) is 17.6 Å². The number of carboxylic acids is 1. The van der Waals surface area contributed by atoms with E-state index in [4.69, 9.17) is 5.11 Å². The molecule has 1 saturated carbocycles. The van der Waals surface area contributed by atoms with Crippen molar-refractivity contribution in [1.29, 1.82) is 0 Å². The summed E-state index contributed by atoms with van der Waals surface area (Å²) in [5, 5.41) is 13.0. The lowest BCUT2D eigenvalue weighted by Gasteiger charge is -2.42. The number of carbonyl (C=O) groups is 2. The number of hydrogen-bond donors (Lipinski definition) is 3. The molecule has 0 aliphatic heterocycles. The standard InChI is InChI=1S/C17H21N3O3/c1-2-20(10-15(21)22)13-8-12(9-13)19-17(23)14-5-3-4-11-6-7-18-16(11)14/h3-7,12-13,18H,2,8-10H2,1H3,(H,19,23)(H,21,22). The Bertz CT molecular complexity index is 719. The maximum Gasteiger partial charge on any atom is 0.317 e. The molecule has 3 N–H and O–H groups in total. The molecule has 1 amide bonds. The number of aromatic nitrogens is 1. The summed E-state index contributed by atoms with van der Waals surface area (Å²) in [6, 6.07) is 7.94. The summed E-state index contributed by atoms with van der Waals surface area (Å²) in [6.07, 6.45) is 3.42. The van der Waals surface area contributed by atoms with Crippen molar-refractivity contribution < 1.29 is 14.7 Å². The van der Waals surface area contributed by atoms with Crippen molar-refractivity contribution in [3.8, 4) is 0 Å². The van der Waals surface area contributed by atoms with Crippen LogP contribution >= 0.6 is 0 Å². The summed E-state index contributed by atoms with van der Waals surface area (Å²) >= 11 is 0. The summed E-state index contributed by atoms with van der Waals surface area (Å²) in [5.74, 6) is -0.888. The molecule has 1 aromatic heterocycles. The Hall–Kier alpha value is -2.34. The van der Waals surface area contributed by atoms with Crippen LogP contribution in [-0.4, -0.2) is 52.0 Å². The van der Waals surface area contributed by atoms with Crippen LogP contribution in [0.1, 0.15) is 30.1 Å². The van der Waals surface area contributed by atoms with Crippen molar-refractivity contribution in [1.82, 2.24) is 15.2 Å². The van der Waals surface area contributed by atoms with Crippen LogP contribution < -0.4 is 5.32 Å². The van der Waals surface area contributed by atoms with E-state index in [-0.39, 0.29) is 24.5 Å². The lowest BCUT2D eigenvalue weighted by Crippen LogP contribution is -2.54. The molecule has 23 heavy (non-hydrogen) atoms. The highest BCUT2D eigenvalue weighted by atomic mass is 16.4. The summed E-state index contributed by atoms with van der Waals surface area (Å²) in [6.45, 7) is 2.73. The Morgan fingerprint density at radius 3 is 2.83 bits per heavy atom. The van der Waals surface area contributed by atoms with Crippen molar-refractivity contribution >= 4 is 22.8 Å². The van der Waals surface area contributed by atoms with Crippen molar-refractivity contribution in [2.75, 3.05) is 13.1 Å². The Labute approximate surface area is 134 Å². The third-order valence-corrected chi connectivity index (χ3v) is 4.54. The van der Waals surface area contributed by atoms with Crippen LogP contribution in [0, 0.1) is 0 Å². The molecule has 0 spiro atoms. The number of fused-ring (bicyclic) bond motifs is 1. The molecule has 122 valence electrons. The fraction of sp³-hybridized carbons (Fsp3) is 0.412. The van der Waals surface area contributed by atoms with Crippen LogP contribution in [0.5, 0.6) is 0 Å². The number of likely N-dealkylation sites (N-methyl/N-ethyl adjacent to an activating group) is 1. The quantitative estimate of drug-likeness (QED) is 0.759. The van der Waals surface area contributed by atoms with Gasteiger partial charge in [0.1, 0.15) is 0 Å². The van der Waals surface area contributed by atoms with E-state index in [1.807, 2.05) is 42.3 Å². The number of aromatic amines is 1. The normalized spacial score (nSPS) is 20.4. The van der Waals surface area contributed by atoms with Gasteiger partial charge in [0.25, 0.3) is 5.91 Å². The number of amides is 1. The number of carbonyl (C=O) groups excluding carboxylic acids is 1. The molecule has 1 fully saturated rings. The van der Waals surface area contributed by atoms with Crippen LogP contribution in [0.2, 0.25) is 0 Å². The van der Waals surface area contributed by atoms with E-state index in [0.29, 0.717) is 12.1 Å². The summed E-state index contributed by atoms with van der Waals surface area (Å²) in [7, 11) is 0. The lowest BCUT2D eigenvalue weighted by atomic mass is 9.85. The van der Waals surface area contributed by atoms with E-state index in [9.17, 15) is 9.59 Å². The molecular formula is C17H21N3O3. The second kappa shape index (κ2) is 6.42. The Morgan fingerprint density at radius 1 is 1.35 bits per heavy atom. The summed E-state index contributed by atoms with van der Waals surface area (Å²) < 4.78 is 0. The molecular weight excluding hydrogens is 294 g/mol. The highest BCUT2D eigenvalue weighted by Crippen LogP contribution is 2.26. The van der Waals surface area contributed by atoms with Crippen LogP contribution in [0.15, 0.2) is 30.5 Å². The van der Waals surface area contributed by atoms with Crippen LogP contribution in [0.25, 0.3) is 10.9 Å². The SMILES string of the molecule is CCN(CC(=O)O)C1CC(NC(=O)c2cccc3cc[nH]c23)C1. The first-order valence-electron chi connectivity index (χ1n) is 7.91. The number of aliphatic carboxylic acids is 1. The third-order valence-electron chi connectivity index (χ3n) is 4.54. The average Bonchev–Trinajstić information content (AvgIpc) is 2.96. The fourth-order valence-corrected chi connectivity index (χ4v) is 3.21. The highest BCUT2D eigenvalue weighted by Gasteiger charge is 2.34. The van der Waals surface area contributed by atoms with Crippen LogP contribution in [0.3, 0.4) is 0 Å². The van der Waals surface area contributed by atoms with Crippen molar-refractivity contribution in [3.63, 3.8) is 0 Å². The van der Waals surface area contributed by atoms with Crippen LogP contribution in [-0.2, 0) is 4.79 Å². The van der Waals surface area contributed by atoms with Gasteiger partial charge < -0.3 is 15.4 Å². The van der Waals surface area contributed by atoms with Gasteiger partial charge in [0.15, 0.2) is 0 Å². The zero-order valence-electron chi connectivity index (χ0n) is 13.1. The molecule has 6 heteroatoms. The molecule has 1 aliphatic rings. The fourth-order valence-electron chi connectivity index (χ4n) is 3.21. The highest BCUT2D eigenvalue weighted by molar-refractivity contribution is 6.05. The lowest BCUT2D eigenvalue weighted by molar-refractivity contribution is -0.139. The molecule has 2 aromatic rings. The zero-order valence-corrected chi connectivity index (χ0v) is 13.1. The third kappa shape index (κ3) is 3.22. The molecule has 0 unspecified atom stereocenters. The van der Waals surface area contributed by atoms with Crippen LogP contribution in [0.4, 0.5) is 0 Å². The monoisotopic (exact) mass is 315 g/mol. The zero-order chi connectivity index (χ0) is 16.4. The Morgan fingerprint density at radius 2 is 2.13 bits per heavy atom.